The van der Waals surface area contributed by atoms with Crippen LogP contribution in [0.5, 0.6) is 0 Å². The summed E-state index contributed by atoms with van der Waals surface area (Å²) in [7, 11) is 0. The molecule has 0 unspecified atom stereocenters. The predicted molar refractivity (Wildman–Crippen MR) is 124 cm³/mol. The van der Waals surface area contributed by atoms with Crippen molar-refractivity contribution < 1.29 is 0 Å². The number of hydrogen-bond donors (Lipinski definition) is 0. The fourth-order valence-electron chi connectivity index (χ4n) is 4.15. The van der Waals surface area contributed by atoms with Gasteiger partial charge in [0.2, 0.25) is 0 Å². The molecule has 4 aromatic rings. The first-order chi connectivity index (χ1) is 13.8. The van der Waals surface area contributed by atoms with Crippen LogP contribution in [0.15, 0.2) is 126 Å². The van der Waals surface area contributed by atoms with E-state index in [4.69, 9.17) is 0 Å². The maximum atomic E-state index is 2.40. The molecule has 136 valence electrons. The van der Waals surface area contributed by atoms with Crippen LogP contribution in [0, 0.1) is 0 Å². The molecule has 0 fully saturated rings. The molecular weight excluding hydrogens is 397 g/mol. The molecule has 0 saturated carbocycles. The van der Waals surface area contributed by atoms with Crippen molar-refractivity contribution >= 4 is 32.5 Å². The van der Waals surface area contributed by atoms with E-state index in [2.05, 4.69) is 134 Å². The Morgan fingerprint density at radius 3 is 1.18 bits per heavy atom. The van der Waals surface area contributed by atoms with Gasteiger partial charge in [0.25, 0.3) is 0 Å². The van der Waals surface area contributed by atoms with Crippen molar-refractivity contribution in [3.63, 3.8) is 0 Å². The van der Waals surface area contributed by atoms with Gasteiger partial charge in [0.15, 0.2) is 0 Å². The Morgan fingerprint density at radius 2 is 0.821 bits per heavy atom. The van der Waals surface area contributed by atoms with Crippen molar-refractivity contribution in [1.29, 1.82) is 0 Å². The van der Waals surface area contributed by atoms with Crippen LogP contribution in [-0.2, 0) is 0 Å². The maximum absolute atomic E-state index is 3.05. The van der Waals surface area contributed by atoms with Crippen LogP contribution in [0.3, 0.4) is 0 Å². The van der Waals surface area contributed by atoms with Gasteiger partial charge in [-0.1, -0.05) is 0 Å². The van der Waals surface area contributed by atoms with Gasteiger partial charge < -0.3 is 0 Å². The predicted octanol–water partition coefficient (Wildman–Crippen LogP) is 4.80. The molecule has 0 saturated heterocycles. The Balaban J connectivity index is 2.06. The van der Waals surface area contributed by atoms with Crippen molar-refractivity contribution in [2.24, 2.45) is 0 Å². The Labute approximate surface area is 170 Å². The van der Waals surface area contributed by atoms with Gasteiger partial charge in [-0.2, -0.15) is 0 Å². The third kappa shape index (κ3) is 3.48. The van der Waals surface area contributed by atoms with Crippen molar-refractivity contribution in [2.45, 2.75) is 6.92 Å². The second-order valence-electron chi connectivity index (χ2n) is 7.09. The Bertz CT molecular complexity index is 940. The Morgan fingerprint density at radius 1 is 0.500 bits per heavy atom. The van der Waals surface area contributed by atoms with E-state index in [9.17, 15) is 0 Å². The topological polar surface area (TPSA) is 0 Å². The zero-order valence-electron chi connectivity index (χ0n) is 16.1. The first kappa shape index (κ1) is 18.5. The molecule has 0 aliphatic heterocycles. The molecular formula is C27H24Ge. The minimum atomic E-state index is -3.05. The second kappa shape index (κ2) is 8.45. The number of rotatable bonds is 5. The second-order valence-corrected chi connectivity index (χ2v) is 15.5. The fraction of sp³-hybridized carbons (Fsp3) is 0.0370. The Kier molecular flexibility index (Phi) is 5.59. The molecule has 0 atom stereocenters. The van der Waals surface area contributed by atoms with Gasteiger partial charge in [-0.05, 0) is 0 Å². The van der Waals surface area contributed by atoms with Crippen molar-refractivity contribution in [1.82, 2.24) is 0 Å². The SMILES string of the molecule is C/[C](=C/c1ccccc1)[Ge]([c]1ccccc1)([c]1ccccc1)[c]1ccccc1. The quantitative estimate of drug-likeness (QED) is 0.407. The molecule has 0 aliphatic rings. The first-order valence-corrected chi connectivity index (χ1v) is 13.9. The molecule has 0 nitrogen and oxygen atoms in total. The van der Waals surface area contributed by atoms with Gasteiger partial charge in [-0.25, -0.2) is 0 Å². The summed E-state index contributed by atoms with van der Waals surface area (Å²) in [4.78, 5) is 0. The van der Waals surface area contributed by atoms with Crippen LogP contribution in [0.1, 0.15) is 12.5 Å². The van der Waals surface area contributed by atoms with Gasteiger partial charge in [0.1, 0.15) is 0 Å². The zero-order valence-corrected chi connectivity index (χ0v) is 18.2. The molecule has 1 heteroatoms. The molecule has 4 aromatic carbocycles. The summed E-state index contributed by atoms with van der Waals surface area (Å²) in [5, 5.41) is 0. The summed E-state index contributed by atoms with van der Waals surface area (Å²) in [5.41, 5.74) is 1.26. The monoisotopic (exact) mass is 422 g/mol. The average molecular weight is 421 g/mol. The van der Waals surface area contributed by atoms with Crippen LogP contribution >= 0.6 is 0 Å². The van der Waals surface area contributed by atoms with E-state index in [1.54, 1.807) is 0 Å². The summed E-state index contributed by atoms with van der Waals surface area (Å²) < 4.78 is 5.87. The molecule has 4 rings (SSSR count). The molecule has 0 aromatic heterocycles. The van der Waals surface area contributed by atoms with E-state index in [0.29, 0.717) is 0 Å². The summed E-state index contributed by atoms with van der Waals surface area (Å²) >= 11 is -3.05. The Hall–Kier alpha value is -2.84. The number of benzene rings is 4. The minimum absolute atomic E-state index is 1.26. The van der Waals surface area contributed by atoms with E-state index in [1.807, 2.05) is 0 Å². The molecule has 0 spiro atoms. The van der Waals surface area contributed by atoms with Crippen LogP contribution in [0.2, 0.25) is 0 Å². The number of hydrogen-bond acceptors (Lipinski definition) is 0. The summed E-state index contributed by atoms with van der Waals surface area (Å²) in [6.45, 7) is 2.33. The average Bonchev–Trinajstić information content (AvgIpc) is 2.77. The number of allylic oxidation sites excluding steroid dienone is 1. The van der Waals surface area contributed by atoms with Gasteiger partial charge in [-0.15, -0.1) is 0 Å². The van der Waals surface area contributed by atoms with Gasteiger partial charge in [-0.3, -0.25) is 0 Å². The van der Waals surface area contributed by atoms with Crippen LogP contribution in [-0.4, -0.2) is 13.3 Å². The normalized spacial score (nSPS) is 12.0. The molecule has 0 N–H and O–H groups in total. The van der Waals surface area contributed by atoms with Crippen molar-refractivity contribution in [2.75, 3.05) is 0 Å². The molecule has 0 heterocycles. The molecule has 0 radical (unpaired) electrons. The van der Waals surface area contributed by atoms with Crippen LogP contribution < -0.4 is 13.2 Å². The standard InChI is InChI=1S/C27H24Ge/c1-23(22-24-14-6-2-7-15-24)28(25-16-8-3-9-17-25,26-18-10-4-11-19-26)27-20-12-5-13-21-27/h2-22H,1H3/b23-22-. The molecule has 0 amide bonds. The van der Waals surface area contributed by atoms with Gasteiger partial charge in [0.05, 0.1) is 0 Å². The summed E-state index contributed by atoms with van der Waals surface area (Å²) in [6.07, 6.45) is 2.40. The van der Waals surface area contributed by atoms with E-state index in [-0.39, 0.29) is 0 Å². The van der Waals surface area contributed by atoms with E-state index < -0.39 is 13.3 Å². The molecule has 28 heavy (non-hydrogen) atoms. The third-order valence-electron chi connectivity index (χ3n) is 5.39. The third-order valence-corrected chi connectivity index (χ3v) is 15.7. The fourth-order valence-corrected chi connectivity index (χ4v) is 14.3. The van der Waals surface area contributed by atoms with Crippen LogP contribution in [0.4, 0.5) is 0 Å². The molecule has 0 bridgehead atoms. The summed E-state index contributed by atoms with van der Waals surface area (Å²) in [5.74, 6) is 0. The van der Waals surface area contributed by atoms with E-state index in [0.717, 1.165) is 0 Å². The van der Waals surface area contributed by atoms with E-state index >= 15 is 0 Å². The van der Waals surface area contributed by atoms with E-state index in [1.165, 1.54) is 23.2 Å². The van der Waals surface area contributed by atoms with Gasteiger partial charge >= 0.3 is 171 Å². The van der Waals surface area contributed by atoms with Crippen molar-refractivity contribution in [3.8, 4) is 0 Å². The van der Waals surface area contributed by atoms with Gasteiger partial charge in [0, 0.05) is 0 Å². The summed E-state index contributed by atoms with van der Waals surface area (Å²) in [6, 6.07) is 44.0. The van der Waals surface area contributed by atoms with Crippen LogP contribution in [0.25, 0.3) is 6.08 Å². The molecule has 0 aliphatic carbocycles. The zero-order chi connectivity index (χ0) is 19.2. The first-order valence-electron chi connectivity index (χ1n) is 9.72. The van der Waals surface area contributed by atoms with Crippen molar-refractivity contribution in [3.05, 3.63) is 131 Å².